The summed E-state index contributed by atoms with van der Waals surface area (Å²) in [4.78, 5) is 12.0. The van der Waals surface area contributed by atoms with Crippen LogP contribution in [0, 0.1) is 5.41 Å². The molecule has 0 spiro atoms. The molecule has 0 atom stereocenters. The van der Waals surface area contributed by atoms with E-state index in [9.17, 15) is 4.79 Å². The van der Waals surface area contributed by atoms with Gasteiger partial charge in [0.1, 0.15) is 5.75 Å². The van der Waals surface area contributed by atoms with Crippen molar-refractivity contribution in [2.45, 2.75) is 46.8 Å². The van der Waals surface area contributed by atoms with Crippen LogP contribution in [0.25, 0.3) is 0 Å². The van der Waals surface area contributed by atoms with Crippen LogP contribution in [-0.2, 0) is 4.79 Å². The van der Waals surface area contributed by atoms with E-state index in [2.05, 4.69) is 0 Å². The van der Waals surface area contributed by atoms with E-state index in [1.54, 1.807) is 18.2 Å². The molecular weight excluding hydrogens is 244 g/mol. The molecular formula is C15H20O4. The molecule has 0 aliphatic carbocycles. The van der Waals surface area contributed by atoms with Gasteiger partial charge in [-0.3, -0.25) is 4.79 Å². The largest absolute Gasteiger partial charge is 0.449 e. The molecule has 4 nitrogen and oxygen atoms in total. The molecule has 0 aromatic heterocycles. The topological polar surface area (TPSA) is 44.8 Å². The van der Waals surface area contributed by atoms with Gasteiger partial charge in [0.25, 0.3) is 0 Å². The normalized spacial score (nSPS) is 16.3. The van der Waals surface area contributed by atoms with Crippen LogP contribution >= 0.6 is 0 Å². The number of hydrogen-bond donors (Lipinski definition) is 0. The Labute approximate surface area is 113 Å². The Morgan fingerprint density at radius 3 is 2.53 bits per heavy atom. The first-order chi connectivity index (χ1) is 8.73. The van der Waals surface area contributed by atoms with Crippen molar-refractivity contribution in [1.82, 2.24) is 0 Å². The average Bonchev–Trinajstić information content (AvgIpc) is 2.62. The first kappa shape index (κ1) is 13.7. The van der Waals surface area contributed by atoms with E-state index in [-0.39, 0.29) is 5.97 Å². The smallest absolute Gasteiger partial charge is 0.316 e. The molecule has 104 valence electrons. The van der Waals surface area contributed by atoms with Crippen molar-refractivity contribution in [2.24, 2.45) is 5.41 Å². The van der Waals surface area contributed by atoms with Crippen LogP contribution in [-0.4, -0.2) is 11.8 Å². The van der Waals surface area contributed by atoms with Gasteiger partial charge in [-0.05, 0) is 32.4 Å². The van der Waals surface area contributed by atoms with Crippen LogP contribution in [0.2, 0.25) is 0 Å². The second kappa shape index (κ2) is 4.44. The molecule has 1 aromatic rings. The molecule has 1 aliphatic rings. The maximum atomic E-state index is 12.0. The van der Waals surface area contributed by atoms with Crippen molar-refractivity contribution in [3.8, 4) is 17.2 Å². The third-order valence-electron chi connectivity index (χ3n) is 3.27. The lowest BCUT2D eigenvalue weighted by atomic mass is 9.91. The number of fused-ring (bicyclic) bond motifs is 1. The Balaban J connectivity index is 2.15. The van der Waals surface area contributed by atoms with Crippen molar-refractivity contribution >= 4 is 5.97 Å². The SMILES string of the molecule is CCC(C)(C)C(=O)Oc1ccc2c(c1)OC(C)(C)O2. The van der Waals surface area contributed by atoms with Gasteiger partial charge in [-0.2, -0.15) is 0 Å². The van der Waals surface area contributed by atoms with E-state index in [0.717, 1.165) is 6.42 Å². The summed E-state index contributed by atoms with van der Waals surface area (Å²) in [6, 6.07) is 5.16. The Morgan fingerprint density at radius 1 is 1.26 bits per heavy atom. The lowest BCUT2D eigenvalue weighted by Crippen LogP contribution is -2.29. The molecule has 2 rings (SSSR count). The second-order valence-electron chi connectivity index (χ2n) is 5.84. The molecule has 0 saturated heterocycles. The summed E-state index contributed by atoms with van der Waals surface area (Å²) in [5.41, 5.74) is -0.490. The summed E-state index contributed by atoms with van der Waals surface area (Å²) in [5.74, 6) is 0.831. The summed E-state index contributed by atoms with van der Waals surface area (Å²) >= 11 is 0. The Morgan fingerprint density at radius 2 is 1.89 bits per heavy atom. The van der Waals surface area contributed by atoms with E-state index < -0.39 is 11.2 Å². The molecule has 1 aliphatic heterocycles. The van der Waals surface area contributed by atoms with Crippen molar-refractivity contribution < 1.29 is 19.0 Å². The zero-order valence-electron chi connectivity index (χ0n) is 12.1. The summed E-state index contributed by atoms with van der Waals surface area (Å²) in [6.45, 7) is 9.36. The molecule has 4 heteroatoms. The summed E-state index contributed by atoms with van der Waals surface area (Å²) in [5, 5.41) is 0. The summed E-state index contributed by atoms with van der Waals surface area (Å²) in [6.07, 6.45) is 0.726. The lowest BCUT2D eigenvalue weighted by Gasteiger charge is -2.20. The average molecular weight is 264 g/mol. The molecule has 1 heterocycles. The maximum absolute atomic E-state index is 12.0. The van der Waals surface area contributed by atoms with Gasteiger partial charge in [-0.15, -0.1) is 0 Å². The van der Waals surface area contributed by atoms with Crippen LogP contribution < -0.4 is 14.2 Å². The predicted molar refractivity (Wildman–Crippen MR) is 71.5 cm³/mol. The summed E-state index contributed by atoms with van der Waals surface area (Å²) < 4.78 is 16.6. The maximum Gasteiger partial charge on any atom is 0.316 e. The Kier molecular flexibility index (Phi) is 3.20. The molecule has 0 N–H and O–H groups in total. The minimum atomic E-state index is -0.673. The van der Waals surface area contributed by atoms with Crippen molar-refractivity contribution in [3.63, 3.8) is 0 Å². The number of ether oxygens (including phenoxy) is 3. The number of carbonyl (C=O) groups excluding carboxylic acids is 1. The zero-order chi connectivity index (χ0) is 14.3. The second-order valence-corrected chi connectivity index (χ2v) is 5.84. The number of hydrogen-bond acceptors (Lipinski definition) is 4. The molecule has 1 aromatic carbocycles. The third-order valence-corrected chi connectivity index (χ3v) is 3.27. The lowest BCUT2D eigenvalue weighted by molar-refractivity contribution is -0.144. The summed E-state index contributed by atoms with van der Waals surface area (Å²) in [7, 11) is 0. The number of carbonyl (C=O) groups is 1. The van der Waals surface area contributed by atoms with Gasteiger partial charge in [0.05, 0.1) is 5.41 Å². The van der Waals surface area contributed by atoms with E-state index in [4.69, 9.17) is 14.2 Å². The van der Waals surface area contributed by atoms with Crippen LogP contribution in [0.1, 0.15) is 41.0 Å². The monoisotopic (exact) mass is 264 g/mol. The highest BCUT2D eigenvalue weighted by Crippen LogP contribution is 2.41. The quantitative estimate of drug-likeness (QED) is 0.618. The van der Waals surface area contributed by atoms with Crippen LogP contribution in [0.5, 0.6) is 17.2 Å². The van der Waals surface area contributed by atoms with Crippen LogP contribution in [0.15, 0.2) is 18.2 Å². The van der Waals surface area contributed by atoms with Gasteiger partial charge < -0.3 is 14.2 Å². The molecule has 0 radical (unpaired) electrons. The number of benzene rings is 1. The van der Waals surface area contributed by atoms with Gasteiger partial charge in [-0.1, -0.05) is 6.92 Å². The van der Waals surface area contributed by atoms with Crippen molar-refractivity contribution in [1.29, 1.82) is 0 Å². The van der Waals surface area contributed by atoms with Gasteiger partial charge in [-0.25, -0.2) is 0 Å². The first-order valence-electron chi connectivity index (χ1n) is 6.48. The zero-order valence-corrected chi connectivity index (χ0v) is 12.1. The third kappa shape index (κ3) is 2.83. The van der Waals surface area contributed by atoms with Gasteiger partial charge >= 0.3 is 5.97 Å². The van der Waals surface area contributed by atoms with Crippen molar-refractivity contribution in [2.75, 3.05) is 0 Å². The molecule has 0 saturated carbocycles. The molecule has 0 amide bonds. The van der Waals surface area contributed by atoms with Gasteiger partial charge in [0.2, 0.25) is 5.79 Å². The highest BCUT2D eigenvalue weighted by atomic mass is 16.7. The van der Waals surface area contributed by atoms with Crippen LogP contribution in [0.3, 0.4) is 0 Å². The predicted octanol–water partition coefficient (Wildman–Crippen LogP) is 3.54. The fourth-order valence-corrected chi connectivity index (χ4v) is 1.66. The van der Waals surface area contributed by atoms with Gasteiger partial charge in [0.15, 0.2) is 11.5 Å². The van der Waals surface area contributed by atoms with Crippen LogP contribution in [0.4, 0.5) is 0 Å². The van der Waals surface area contributed by atoms with Gasteiger partial charge in [0, 0.05) is 19.9 Å². The Bertz CT molecular complexity index is 503. The Hall–Kier alpha value is -1.71. The standard InChI is InChI=1S/C15H20O4/c1-6-14(2,3)13(16)17-10-7-8-11-12(9-10)19-15(4,5)18-11/h7-9H,6H2,1-5H3. The highest BCUT2D eigenvalue weighted by molar-refractivity contribution is 5.78. The molecule has 0 fully saturated rings. The van der Waals surface area contributed by atoms with E-state index >= 15 is 0 Å². The highest BCUT2D eigenvalue weighted by Gasteiger charge is 2.33. The fourth-order valence-electron chi connectivity index (χ4n) is 1.66. The van der Waals surface area contributed by atoms with E-state index in [1.807, 2.05) is 34.6 Å². The van der Waals surface area contributed by atoms with E-state index in [0.29, 0.717) is 17.2 Å². The molecule has 19 heavy (non-hydrogen) atoms. The number of rotatable bonds is 3. The molecule has 0 bridgehead atoms. The molecule has 0 unspecified atom stereocenters. The first-order valence-corrected chi connectivity index (χ1v) is 6.48. The minimum Gasteiger partial charge on any atom is -0.449 e. The fraction of sp³-hybridized carbons (Fsp3) is 0.533. The van der Waals surface area contributed by atoms with Crippen molar-refractivity contribution in [3.05, 3.63) is 18.2 Å². The minimum absolute atomic E-state index is 0.242. The van der Waals surface area contributed by atoms with E-state index in [1.165, 1.54) is 0 Å². The number of esters is 1.